The number of primary amides is 1. The smallest absolute Gasteiger partial charge is 0.406 e. The van der Waals surface area contributed by atoms with Gasteiger partial charge in [0.1, 0.15) is 6.04 Å². The van der Waals surface area contributed by atoms with Gasteiger partial charge in [0.25, 0.3) is 0 Å². The van der Waals surface area contributed by atoms with Crippen LogP contribution in [-0.2, 0) is 28.0 Å². The second-order valence-electron chi connectivity index (χ2n) is 7.19. The molecule has 0 aromatic heterocycles. The van der Waals surface area contributed by atoms with E-state index >= 15 is 0 Å². The minimum absolute atomic E-state index is 0.0132. The van der Waals surface area contributed by atoms with E-state index in [4.69, 9.17) is 19.9 Å². The van der Waals surface area contributed by atoms with Crippen LogP contribution in [0.25, 0.3) is 0 Å². The lowest BCUT2D eigenvalue weighted by Crippen LogP contribution is -2.51. The molecule has 0 radical (unpaired) electrons. The van der Waals surface area contributed by atoms with Crippen LogP contribution in [0, 0.1) is 5.92 Å². The van der Waals surface area contributed by atoms with Gasteiger partial charge in [-0.2, -0.15) is 0 Å². The Hall–Kier alpha value is -1.48. The van der Waals surface area contributed by atoms with E-state index < -0.39 is 56.2 Å². The fraction of sp³-hybridized carbons (Fsp3) is 0.812. The van der Waals surface area contributed by atoms with Gasteiger partial charge in [-0.15, -0.1) is 0 Å². The van der Waals surface area contributed by atoms with E-state index in [1.54, 1.807) is 27.7 Å². The maximum Gasteiger partial charge on any atom is 0.406 e. The lowest BCUT2D eigenvalue weighted by Gasteiger charge is -2.28. The summed E-state index contributed by atoms with van der Waals surface area (Å²) >= 11 is 0. The summed E-state index contributed by atoms with van der Waals surface area (Å²) in [6.07, 6.45) is -1.20. The third-order valence-electron chi connectivity index (χ3n) is 3.06. The third kappa shape index (κ3) is 11.1. The summed E-state index contributed by atoms with van der Waals surface area (Å²) in [5.74, 6) is -2.99. The van der Waals surface area contributed by atoms with Gasteiger partial charge in [-0.25, -0.2) is 14.4 Å². The molecule has 0 aromatic rings. The van der Waals surface area contributed by atoms with E-state index in [-0.39, 0.29) is 12.3 Å². The van der Waals surface area contributed by atoms with Gasteiger partial charge in [0, 0.05) is 0 Å². The average Bonchev–Trinajstić information content (AvgIpc) is 2.42. The average molecular weight is 409 g/mol. The molecular weight excluding hydrogens is 377 g/mol. The molecule has 0 fully saturated rings. The molecule has 2 unspecified atom stereocenters. The normalized spacial score (nSPS) is 14.4. The number of nitrogens with two attached hydrogens (primary N) is 1. The minimum Gasteiger partial charge on any atom is -0.480 e. The van der Waals surface area contributed by atoms with Crippen molar-refractivity contribution in [1.82, 2.24) is 10.4 Å². The highest BCUT2D eigenvalue weighted by atomic mass is 31.2. The monoisotopic (exact) mass is 409 g/mol. The molecule has 0 spiro atoms. The van der Waals surface area contributed by atoms with Crippen LogP contribution in [-0.4, -0.2) is 47.2 Å². The standard InChI is InChI=1S/C16H32N3O7P/c1-9(2)7-12(15(21)18-13(16(22)23)8-14(17)20)19-27(24,25-10(3)4)26-11(5)6/h9-13H,7-8H2,1-6H3,(H2,17,20)(H,18,21)(H,19,24)(H,22,23). The molecule has 0 aliphatic rings. The van der Waals surface area contributed by atoms with Gasteiger partial charge >= 0.3 is 13.7 Å². The van der Waals surface area contributed by atoms with Crippen molar-refractivity contribution in [1.29, 1.82) is 0 Å². The lowest BCUT2D eigenvalue weighted by atomic mass is 10.0. The number of nitrogens with one attached hydrogen (secondary N) is 2. The molecule has 0 bridgehead atoms. The fourth-order valence-corrected chi connectivity index (χ4v) is 4.08. The van der Waals surface area contributed by atoms with Crippen LogP contribution in [0.4, 0.5) is 0 Å². The predicted octanol–water partition coefficient (Wildman–Crippen LogP) is 1.39. The van der Waals surface area contributed by atoms with Crippen LogP contribution < -0.4 is 16.1 Å². The molecule has 0 rings (SSSR count). The Kier molecular flexibility index (Phi) is 10.8. The Bertz CT molecular complexity index is 552. The molecule has 27 heavy (non-hydrogen) atoms. The number of rotatable bonds is 13. The summed E-state index contributed by atoms with van der Waals surface area (Å²) in [4.78, 5) is 34.9. The van der Waals surface area contributed by atoms with Gasteiger partial charge in [-0.05, 0) is 40.0 Å². The van der Waals surface area contributed by atoms with E-state index in [2.05, 4.69) is 10.4 Å². The van der Waals surface area contributed by atoms with Gasteiger partial charge < -0.3 is 16.2 Å². The van der Waals surface area contributed by atoms with E-state index in [1.807, 2.05) is 13.8 Å². The van der Waals surface area contributed by atoms with Crippen molar-refractivity contribution in [3.05, 3.63) is 0 Å². The van der Waals surface area contributed by atoms with Crippen LogP contribution >= 0.6 is 7.75 Å². The largest absolute Gasteiger partial charge is 0.480 e. The van der Waals surface area contributed by atoms with Crippen molar-refractivity contribution in [2.75, 3.05) is 0 Å². The molecule has 2 atom stereocenters. The molecule has 0 aliphatic carbocycles. The van der Waals surface area contributed by atoms with Crippen molar-refractivity contribution in [3.8, 4) is 0 Å². The van der Waals surface area contributed by atoms with Gasteiger partial charge in [-0.1, -0.05) is 13.8 Å². The Labute approximate surface area is 160 Å². The zero-order valence-electron chi connectivity index (χ0n) is 16.7. The number of carboxylic acids is 1. The Balaban J connectivity index is 5.48. The van der Waals surface area contributed by atoms with Crippen molar-refractivity contribution in [3.63, 3.8) is 0 Å². The summed E-state index contributed by atoms with van der Waals surface area (Å²) < 4.78 is 23.8. The van der Waals surface area contributed by atoms with Crippen LogP contribution in [0.1, 0.15) is 54.4 Å². The third-order valence-corrected chi connectivity index (χ3v) is 5.08. The van der Waals surface area contributed by atoms with Gasteiger partial charge in [0.15, 0.2) is 0 Å². The number of carboxylic acid groups (broad SMARTS) is 1. The van der Waals surface area contributed by atoms with Crippen LogP contribution in [0.5, 0.6) is 0 Å². The molecule has 5 N–H and O–H groups in total. The van der Waals surface area contributed by atoms with Crippen LogP contribution in [0.3, 0.4) is 0 Å². The summed E-state index contributed by atoms with van der Waals surface area (Å²) in [5.41, 5.74) is 5.02. The molecular formula is C16H32N3O7P. The number of carbonyl (C=O) groups excluding carboxylic acids is 2. The summed E-state index contributed by atoms with van der Waals surface area (Å²) in [6, 6.07) is -2.54. The highest BCUT2D eigenvalue weighted by Crippen LogP contribution is 2.47. The van der Waals surface area contributed by atoms with Crippen molar-refractivity contribution in [2.45, 2.75) is 78.7 Å². The first-order valence-corrected chi connectivity index (χ1v) is 10.4. The lowest BCUT2D eigenvalue weighted by molar-refractivity contribution is -0.143. The summed E-state index contributed by atoms with van der Waals surface area (Å²) in [7, 11) is -3.84. The number of carbonyl (C=O) groups is 3. The minimum atomic E-state index is -3.84. The number of aliphatic carboxylic acids is 1. The topological polar surface area (TPSA) is 157 Å². The molecule has 0 heterocycles. The Morgan fingerprint density at radius 3 is 1.81 bits per heavy atom. The second kappa shape index (κ2) is 11.4. The Morgan fingerprint density at radius 1 is 1.00 bits per heavy atom. The molecule has 2 amide bonds. The molecule has 0 saturated carbocycles. The second-order valence-corrected chi connectivity index (χ2v) is 8.86. The highest BCUT2D eigenvalue weighted by molar-refractivity contribution is 7.51. The first-order chi connectivity index (χ1) is 12.3. The number of amides is 2. The van der Waals surface area contributed by atoms with Crippen LogP contribution in [0.15, 0.2) is 0 Å². The fourth-order valence-electron chi connectivity index (χ4n) is 2.19. The first kappa shape index (κ1) is 25.5. The molecule has 0 aromatic carbocycles. The van der Waals surface area contributed by atoms with Gasteiger partial charge in [-0.3, -0.25) is 18.6 Å². The van der Waals surface area contributed by atoms with E-state index in [0.29, 0.717) is 0 Å². The van der Waals surface area contributed by atoms with Gasteiger partial charge in [0.2, 0.25) is 11.8 Å². The van der Waals surface area contributed by atoms with E-state index in [1.165, 1.54) is 0 Å². The van der Waals surface area contributed by atoms with Crippen molar-refractivity contribution >= 4 is 25.5 Å². The predicted molar refractivity (Wildman–Crippen MR) is 99.8 cm³/mol. The maximum atomic E-state index is 13.0. The van der Waals surface area contributed by atoms with E-state index in [0.717, 1.165) is 0 Å². The van der Waals surface area contributed by atoms with Crippen molar-refractivity contribution in [2.24, 2.45) is 11.7 Å². The molecule has 11 heteroatoms. The SMILES string of the molecule is CC(C)CC(NP(=O)(OC(C)C)OC(C)C)C(=O)NC(CC(N)=O)C(=O)O. The van der Waals surface area contributed by atoms with Crippen molar-refractivity contribution < 1.29 is 33.1 Å². The maximum absolute atomic E-state index is 13.0. The Morgan fingerprint density at radius 2 is 1.48 bits per heavy atom. The molecule has 0 saturated heterocycles. The van der Waals surface area contributed by atoms with E-state index in [9.17, 15) is 18.9 Å². The molecule has 0 aliphatic heterocycles. The molecule has 10 nitrogen and oxygen atoms in total. The zero-order chi connectivity index (χ0) is 21.4. The molecule has 158 valence electrons. The summed E-state index contributed by atoms with van der Waals surface area (Å²) in [6.45, 7) is 10.4. The number of hydrogen-bond acceptors (Lipinski definition) is 6. The highest BCUT2D eigenvalue weighted by Gasteiger charge is 2.35. The first-order valence-electron chi connectivity index (χ1n) is 8.81. The quantitative estimate of drug-likeness (QED) is 0.332. The van der Waals surface area contributed by atoms with Crippen LogP contribution in [0.2, 0.25) is 0 Å². The summed E-state index contributed by atoms with van der Waals surface area (Å²) in [5, 5.41) is 14.0. The zero-order valence-corrected chi connectivity index (χ0v) is 17.6. The van der Waals surface area contributed by atoms with Gasteiger partial charge in [0.05, 0.1) is 24.7 Å². The number of hydrogen-bond donors (Lipinski definition) is 4.